The molecule has 14 heteroatoms. The van der Waals surface area contributed by atoms with Crippen LogP contribution in [-0.2, 0) is 23.8 Å². The lowest BCUT2D eigenvalue weighted by Gasteiger charge is -2.44. The van der Waals surface area contributed by atoms with Crippen LogP contribution in [0.25, 0.3) is 0 Å². The van der Waals surface area contributed by atoms with Crippen molar-refractivity contribution in [3.05, 3.63) is 31.6 Å². The van der Waals surface area contributed by atoms with Crippen molar-refractivity contribution >= 4 is 57.8 Å². The molecule has 4 atom stereocenters. The quantitative estimate of drug-likeness (QED) is 0.139. The Kier molecular flexibility index (Phi) is 18.3. The van der Waals surface area contributed by atoms with E-state index in [2.05, 4.69) is 23.7 Å². The summed E-state index contributed by atoms with van der Waals surface area (Å²) in [6.07, 6.45) is 11.6. The van der Waals surface area contributed by atoms with E-state index in [1.165, 1.54) is 31.3 Å². The summed E-state index contributed by atoms with van der Waals surface area (Å²) in [6.45, 7) is 12.9. The number of carbonyl (C=O) groups is 4. The number of hydrogen-bond acceptors (Lipinski definition) is 11. The van der Waals surface area contributed by atoms with Crippen LogP contribution in [0.15, 0.2) is 12.1 Å². The van der Waals surface area contributed by atoms with Crippen LogP contribution in [0.5, 0.6) is 0 Å². The maximum Gasteiger partial charge on any atom is 0.350 e. The molecule has 2 aromatic heterocycles. The number of hydrogen-bond donors (Lipinski definition) is 3. The molecule has 2 amide bonds. The molecule has 4 heterocycles. The molecule has 2 saturated carbocycles. The Balaban J connectivity index is 0.000000238. The number of thiophene rings is 2. The molecular weight excluding hydrogens is 841 g/mol. The molecule has 12 nitrogen and oxygen atoms in total. The van der Waals surface area contributed by atoms with Crippen molar-refractivity contribution in [2.24, 2.45) is 22.7 Å². The number of aliphatic hydroxyl groups is 2. The number of methoxy groups -OCH3 is 1. The Bertz CT molecular complexity index is 2010. The molecule has 4 fully saturated rings. The van der Waals surface area contributed by atoms with Gasteiger partial charge in [-0.3, -0.25) is 9.59 Å². The van der Waals surface area contributed by atoms with Gasteiger partial charge in [0.2, 0.25) is 0 Å². The Morgan fingerprint density at radius 3 is 1.46 bits per heavy atom. The molecule has 2 aliphatic heterocycles. The van der Waals surface area contributed by atoms with Crippen molar-refractivity contribution in [2.45, 2.75) is 156 Å². The van der Waals surface area contributed by atoms with Crippen LogP contribution in [-0.4, -0.2) is 96.9 Å². The number of nitrogens with zero attached hydrogens (tertiary/aromatic N) is 2. The molecule has 346 valence electrons. The fourth-order valence-corrected chi connectivity index (χ4v) is 10.5. The third-order valence-electron chi connectivity index (χ3n) is 11.9. The van der Waals surface area contributed by atoms with E-state index in [0.717, 1.165) is 67.6 Å². The molecular formula is C49H68N2O10S2. The van der Waals surface area contributed by atoms with Gasteiger partial charge in [0.1, 0.15) is 22.0 Å². The second-order valence-electron chi connectivity index (χ2n) is 19.2. The van der Waals surface area contributed by atoms with Crippen LogP contribution in [0.2, 0.25) is 0 Å². The number of esters is 1. The van der Waals surface area contributed by atoms with Gasteiger partial charge in [-0.05, 0) is 117 Å². The van der Waals surface area contributed by atoms with Gasteiger partial charge in [-0.1, -0.05) is 62.2 Å². The van der Waals surface area contributed by atoms with Crippen LogP contribution in [0.1, 0.15) is 161 Å². The van der Waals surface area contributed by atoms with E-state index in [1.807, 2.05) is 47.6 Å². The Morgan fingerprint density at radius 1 is 0.698 bits per heavy atom. The highest BCUT2D eigenvalue weighted by Crippen LogP contribution is 2.41. The summed E-state index contributed by atoms with van der Waals surface area (Å²) in [4.78, 5) is 57.3. The highest BCUT2D eigenvalue weighted by molar-refractivity contribution is 7.15. The molecule has 2 unspecified atom stereocenters. The zero-order valence-corrected chi connectivity index (χ0v) is 39.9. The number of carbonyl (C=O) groups excluding carboxylic acids is 3. The van der Waals surface area contributed by atoms with Crippen LogP contribution in [0.4, 0.5) is 11.4 Å². The summed E-state index contributed by atoms with van der Waals surface area (Å²) in [6, 6.07) is 3.33. The van der Waals surface area contributed by atoms with Crippen molar-refractivity contribution in [1.29, 1.82) is 0 Å². The van der Waals surface area contributed by atoms with E-state index < -0.39 is 24.1 Å². The van der Waals surface area contributed by atoms with Gasteiger partial charge in [0.15, 0.2) is 0 Å². The van der Waals surface area contributed by atoms with Crippen molar-refractivity contribution in [1.82, 2.24) is 0 Å². The number of aromatic carboxylic acids is 1. The summed E-state index contributed by atoms with van der Waals surface area (Å²) in [5, 5.41) is 28.3. The minimum Gasteiger partial charge on any atom is -0.477 e. The number of carboxylic acid groups (broad SMARTS) is 1. The minimum atomic E-state index is -1.04. The molecule has 2 saturated heterocycles. The topological polar surface area (TPSA) is 163 Å². The third-order valence-corrected chi connectivity index (χ3v) is 13.9. The summed E-state index contributed by atoms with van der Waals surface area (Å²) < 4.78 is 17.0. The lowest BCUT2D eigenvalue weighted by atomic mass is 9.82. The monoisotopic (exact) mass is 908 g/mol. The van der Waals surface area contributed by atoms with Crippen molar-refractivity contribution in [3.8, 4) is 23.7 Å². The molecule has 4 aliphatic rings. The molecule has 0 radical (unpaired) electrons. The summed E-state index contributed by atoms with van der Waals surface area (Å²) in [7, 11) is 1.36. The zero-order chi connectivity index (χ0) is 45.9. The highest BCUT2D eigenvalue weighted by atomic mass is 32.1. The highest BCUT2D eigenvalue weighted by Gasteiger charge is 2.44. The largest absolute Gasteiger partial charge is 0.477 e. The molecule has 2 aliphatic carbocycles. The van der Waals surface area contributed by atoms with E-state index in [0.29, 0.717) is 71.9 Å². The van der Waals surface area contributed by atoms with Gasteiger partial charge < -0.3 is 39.3 Å². The number of ether oxygens (including phenoxy) is 3. The molecule has 3 N–H and O–H groups in total. The smallest absolute Gasteiger partial charge is 0.350 e. The number of anilines is 2. The first kappa shape index (κ1) is 50.2. The van der Waals surface area contributed by atoms with Gasteiger partial charge in [0.25, 0.3) is 11.8 Å². The summed E-state index contributed by atoms with van der Waals surface area (Å²) in [5.74, 6) is 11.4. The number of morpholine rings is 2. The first-order valence-electron chi connectivity index (χ1n) is 22.7. The second kappa shape index (κ2) is 22.9. The van der Waals surface area contributed by atoms with E-state index >= 15 is 0 Å². The third kappa shape index (κ3) is 13.6. The van der Waals surface area contributed by atoms with Gasteiger partial charge in [0, 0.05) is 24.0 Å². The Morgan fingerprint density at radius 2 is 1.10 bits per heavy atom. The lowest BCUT2D eigenvalue weighted by molar-refractivity contribution is -0.138. The fourth-order valence-electron chi connectivity index (χ4n) is 8.79. The van der Waals surface area contributed by atoms with Crippen LogP contribution in [0, 0.1) is 46.3 Å². The lowest BCUT2D eigenvalue weighted by Crippen LogP contribution is -2.57. The van der Waals surface area contributed by atoms with Gasteiger partial charge in [-0.2, -0.15) is 0 Å². The van der Waals surface area contributed by atoms with Crippen molar-refractivity contribution in [2.75, 3.05) is 43.3 Å². The SMILES string of the molecule is CC(C)(C)C#Cc1cc(N2C(=O)C(CCCO)OC[C@H]2C2CCCCC2)c(C(=O)O)s1.COC(=O)c1sc(C#CC(C)(C)C)cc1N1C(=O)C(CCCO)OC[C@H]1C1CCCCC1. The van der Waals surface area contributed by atoms with E-state index in [4.69, 9.17) is 14.2 Å². The molecule has 0 spiro atoms. The van der Waals surface area contributed by atoms with Gasteiger partial charge >= 0.3 is 11.9 Å². The average molecular weight is 909 g/mol. The standard InChI is InChI=1S/C25H35NO5S.C24H33NO5S/c1-25(2,3)13-12-18-15-19(22(32-18)24(29)30-4)26-20(17-9-6-5-7-10-17)16-31-21(23(26)28)11-8-14-27;1-24(2,3)12-11-17-14-18(21(31-17)23(28)29)25-19(16-8-5-4-6-9-16)15-30-20(22(25)27)10-7-13-26/h15,17,20-21,27H,5-11,14,16H2,1-4H3;14,16,19-20,26H,4-10,13,15H2,1-3H3,(H,28,29)/t20-,21?;19-,20?/m00/s1. The minimum absolute atomic E-state index is 0.00936. The van der Waals surface area contributed by atoms with E-state index in [-0.39, 0.29) is 52.8 Å². The van der Waals surface area contributed by atoms with E-state index in [1.54, 1.807) is 15.9 Å². The number of amides is 2. The summed E-state index contributed by atoms with van der Waals surface area (Å²) in [5.41, 5.74) is 0.638. The van der Waals surface area contributed by atoms with E-state index in [9.17, 15) is 34.5 Å². The van der Waals surface area contributed by atoms with Crippen molar-refractivity contribution in [3.63, 3.8) is 0 Å². The zero-order valence-electron chi connectivity index (χ0n) is 38.3. The molecule has 2 aromatic rings. The summed E-state index contributed by atoms with van der Waals surface area (Å²) >= 11 is 2.40. The normalized spacial score (nSPS) is 22.6. The predicted molar refractivity (Wildman–Crippen MR) is 247 cm³/mol. The number of rotatable bonds is 12. The number of carboxylic acids is 1. The molecule has 0 aromatic carbocycles. The molecule has 0 bridgehead atoms. The van der Waals surface area contributed by atoms with Gasteiger partial charge in [-0.25, -0.2) is 9.59 Å². The average Bonchev–Trinajstić information content (AvgIpc) is 3.89. The van der Waals surface area contributed by atoms with Gasteiger partial charge in [-0.15, -0.1) is 22.7 Å². The number of aliphatic hydroxyl groups excluding tert-OH is 2. The maximum atomic E-state index is 13.6. The maximum absolute atomic E-state index is 13.6. The first-order chi connectivity index (χ1) is 30.0. The van der Waals surface area contributed by atoms with Crippen LogP contribution in [0.3, 0.4) is 0 Å². The Hall–Kier alpha value is -3.76. The first-order valence-corrected chi connectivity index (χ1v) is 24.4. The molecule has 6 rings (SSSR count). The Labute approximate surface area is 382 Å². The van der Waals surface area contributed by atoms with Crippen LogP contribution >= 0.6 is 22.7 Å². The van der Waals surface area contributed by atoms with Crippen molar-refractivity contribution < 1.29 is 48.7 Å². The fraction of sp³-hybridized carbons (Fsp3) is 0.673. The van der Waals surface area contributed by atoms with Gasteiger partial charge in [0.05, 0.1) is 53.5 Å². The van der Waals surface area contributed by atoms with Crippen LogP contribution < -0.4 is 9.80 Å². The predicted octanol–water partition coefficient (Wildman–Crippen LogP) is 8.68. The molecule has 63 heavy (non-hydrogen) atoms. The second-order valence-corrected chi connectivity index (χ2v) is 21.3.